The van der Waals surface area contributed by atoms with Crippen molar-refractivity contribution in [3.05, 3.63) is 59.3 Å². The SMILES string of the molecule is Cc1[nH]ncc1-c1ccc(CC(OC[C@H]2O[C@@H](n3ccc4c(N)nc(Cl)nc43)[C@@H](F)[C@@H]2O)(C(=O)O)C(=O)O)cc1. The average molecular weight is 575 g/mol. The molecule has 210 valence electrons. The molecule has 4 atom stereocenters. The summed E-state index contributed by atoms with van der Waals surface area (Å²) in [7, 11) is 0. The predicted octanol–water partition coefficient (Wildman–Crippen LogP) is 2.13. The highest BCUT2D eigenvalue weighted by Gasteiger charge is 2.52. The first-order chi connectivity index (χ1) is 19.0. The van der Waals surface area contributed by atoms with Crippen molar-refractivity contribution in [3.63, 3.8) is 0 Å². The van der Waals surface area contributed by atoms with Gasteiger partial charge in [-0.25, -0.2) is 19.0 Å². The number of aliphatic hydroxyl groups excluding tert-OH is 1. The largest absolute Gasteiger partial charge is 0.479 e. The molecule has 13 nitrogen and oxygen atoms in total. The average Bonchev–Trinajstić information content (AvgIpc) is 3.60. The van der Waals surface area contributed by atoms with E-state index in [0.29, 0.717) is 10.9 Å². The molecule has 15 heteroatoms. The second-order valence-corrected chi connectivity index (χ2v) is 9.71. The third-order valence-corrected chi connectivity index (χ3v) is 7.04. The summed E-state index contributed by atoms with van der Waals surface area (Å²) < 4.78 is 27.6. The summed E-state index contributed by atoms with van der Waals surface area (Å²) in [5.41, 5.74) is 6.07. The lowest BCUT2D eigenvalue weighted by Gasteiger charge is -2.27. The normalized spacial score (nSPS) is 21.2. The minimum absolute atomic E-state index is 0.0585. The molecule has 0 unspecified atom stereocenters. The number of carboxylic acid groups (broad SMARTS) is 2. The van der Waals surface area contributed by atoms with Crippen LogP contribution in [0.15, 0.2) is 42.7 Å². The number of hydrogen-bond donors (Lipinski definition) is 5. The Morgan fingerprint density at radius 1 is 1.23 bits per heavy atom. The standard InChI is InChI=1S/C25H24ClFN6O7/c1-11-15(9-29-32-11)13-4-2-12(3-5-13)8-25(22(35)36,23(37)38)39-10-16-18(34)17(27)21(40-16)33-7-6-14-19(28)30-24(26)31-20(14)33/h2-7,9,16-18,21,34H,8,10H2,1H3,(H,29,32)(H,35,36)(H,37,38)(H2,28,30,31)/t16-,17+,18-,21-/m1/s1. The van der Waals surface area contributed by atoms with Gasteiger partial charge in [0, 0.05) is 23.9 Å². The molecule has 0 bridgehead atoms. The van der Waals surface area contributed by atoms with Gasteiger partial charge in [-0.2, -0.15) is 10.1 Å². The van der Waals surface area contributed by atoms with Crippen molar-refractivity contribution in [2.24, 2.45) is 0 Å². The Balaban J connectivity index is 1.35. The van der Waals surface area contributed by atoms with Gasteiger partial charge in [0.1, 0.15) is 23.7 Å². The minimum atomic E-state index is -2.74. The van der Waals surface area contributed by atoms with Gasteiger partial charge < -0.3 is 35.1 Å². The fraction of sp³-hybridized carbons (Fsp3) is 0.320. The molecule has 4 heterocycles. The number of fused-ring (bicyclic) bond motifs is 1. The number of rotatable bonds is 9. The van der Waals surface area contributed by atoms with Crippen LogP contribution in [-0.2, 0) is 25.5 Å². The predicted molar refractivity (Wildman–Crippen MR) is 138 cm³/mol. The lowest BCUT2D eigenvalue weighted by molar-refractivity contribution is -0.189. The zero-order valence-electron chi connectivity index (χ0n) is 20.9. The van der Waals surface area contributed by atoms with Gasteiger partial charge in [0.05, 0.1) is 18.2 Å². The number of nitrogens with two attached hydrogens (primary N) is 1. The number of H-pyrrole nitrogens is 1. The number of anilines is 1. The van der Waals surface area contributed by atoms with Crippen LogP contribution in [0, 0.1) is 6.92 Å². The number of hydrogen-bond acceptors (Lipinski definition) is 9. The molecule has 1 aromatic carbocycles. The van der Waals surface area contributed by atoms with Gasteiger partial charge in [-0.05, 0) is 35.7 Å². The van der Waals surface area contributed by atoms with Crippen LogP contribution in [0.2, 0.25) is 5.28 Å². The molecule has 0 radical (unpaired) electrons. The van der Waals surface area contributed by atoms with Crippen molar-refractivity contribution < 1.29 is 38.8 Å². The van der Waals surface area contributed by atoms with E-state index >= 15 is 4.39 Å². The van der Waals surface area contributed by atoms with E-state index < -0.39 is 55.2 Å². The van der Waals surface area contributed by atoms with E-state index in [1.807, 2.05) is 6.92 Å². The van der Waals surface area contributed by atoms with Crippen molar-refractivity contribution in [1.29, 1.82) is 0 Å². The van der Waals surface area contributed by atoms with Crippen LogP contribution >= 0.6 is 11.6 Å². The zero-order valence-corrected chi connectivity index (χ0v) is 21.6. The maximum Gasteiger partial charge on any atom is 0.348 e. The topological polar surface area (TPSA) is 199 Å². The monoisotopic (exact) mass is 574 g/mol. The number of nitrogens with zero attached hydrogens (tertiary/aromatic N) is 4. The highest BCUT2D eigenvalue weighted by atomic mass is 35.5. The summed E-state index contributed by atoms with van der Waals surface area (Å²) in [5.74, 6) is -3.48. The maximum atomic E-state index is 15.2. The van der Waals surface area contributed by atoms with E-state index in [1.165, 1.54) is 16.8 Å². The Labute approximate surface area is 230 Å². The molecule has 40 heavy (non-hydrogen) atoms. The number of aliphatic carboxylic acids is 2. The molecule has 1 aliphatic rings. The first-order valence-corrected chi connectivity index (χ1v) is 12.4. The molecule has 3 aromatic heterocycles. The molecule has 5 rings (SSSR count). The third-order valence-electron chi connectivity index (χ3n) is 6.87. The van der Waals surface area contributed by atoms with Gasteiger partial charge in [-0.1, -0.05) is 24.3 Å². The fourth-order valence-corrected chi connectivity index (χ4v) is 4.84. The van der Waals surface area contributed by atoms with Crippen LogP contribution < -0.4 is 5.73 Å². The number of nitrogens with one attached hydrogen (secondary N) is 1. The Kier molecular flexibility index (Phi) is 7.18. The number of carbonyl (C=O) groups is 2. The zero-order chi connectivity index (χ0) is 28.8. The lowest BCUT2D eigenvalue weighted by Crippen LogP contribution is -2.52. The van der Waals surface area contributed by atoms with Crippen molar-refractivity contribution in [2.75, 3.05) is 12.3 Å². The van der Waals surface area contributed by atoms with Gasteiger partial charge in [0.25, 0.3) is 5.60 Å². The van der Waals surface area contributed by atoms with E-state index in [4.69, 9.17) is 26.8 Å². The van der Waals surface area contributed by atoms with Gasteiger partial charge in [0.15, 0.2) is 12.4 Å². The summed E-state index contributed by atoms with van der Waals surface area (Å²) in [6, 6.07) is 8.08. The quantitative estimate of drug-likeness (QED) is 0.145. The maximum absolute atomic E-state index is 15.2. The lowest BCUT2D eigenvalue weighted by atomic mass is 9.93. The molecular formula is C25H24ClFN6O7. The second kappa shape index (κ2) is 10.5. The summed E-state index contributed by atoms with van der Waals surface area (Å²) in [6.45, 7) is 1.10. The number of aliphatic hydroxyl groups is 1. The number of ether oxygens (including phenoxy) is 2. The number of aromatic nitrogens is 5. The summed E-state index contributed by atoms with van der Waals surface area (Å²) in [6.07, 6.45) is -4.07. The van der Waals surface area contributed by atoms with Gasteiger partial charge in [0.2, 0.25) is 5.28 Å². The third kappa shape index (κ3) is 4.75. The summed E-state index contributed by atoms with van der Waals surface area (Å²) in [4.78, 5) is 32.4. The Morgan fingerprint density at radius 2 is 1.93 bits per heavy atom. The van der Waals surface area contributed by atoms with Gasteiger partial charge in [-0.15, -0.1) is 0 Å². The molecule has 4 aromatic rings. The Bertz CT molecular complexity index is 1560. The molecule has 1 aliphatic heterocycles. The van der Waals surface area contributed by atoms with Gasteiger partial charge >= 0.3 is 11.9 Å². The molecule has 0 aliphatic carbocycles. The van der Waals surface area contributed by atoms with Crippen molar-refractivity contribution >= 4 is 40.4 Å². The highest BCUT2D eigenvalue weighted by molar-refractivity contribution is 6.28. The minimum Gasteiger partial charge on any atom is -0.479 e. The van der Waals surface area contributed by atoms with Crippen LogP contribution in [0.4, 0.5) is 10.2 Å². The smallest absolute Gasteiger partial charge is 0.348 e. The number of aromatic amines is 1. The van der Waals surface area contributed by atoms with Crippen LogP contribution in [0.1, 0.15) is 17.5 Å². The molecule has 1 fully saturated rings. The number of alkyl halides is 1. The Hall–Kier alpha value is -4.11. The Morgan fingerprint density at radius 3 is 2.55 bits per heavy atom. The molecule has 0 amide bonds. The number of aryl methyl sites for hydroxylation is 1. The summed E-state index contributed by atoms with van der Waals surface area (Å²) in [5, 5.41) is 37.4. The number of nitrogen functional groups attached to an aromatic ring is 1. The van der Waals surface area contributed by atoms with Crippen LogP contribution in [0.5, 0.6) is 0 Å². The molecule has 1 saturated heterocycles. The molecule has 0 saturated carbocycles. The fourth-order valence-electron chi connectivity index (χ4n) is 4.67. The summed E-state index contributed by atoms with van der Waals surface area (Å²) >= 11 is 5.89. The van der Waals surface area contributed by atoms with E-state index in [0.717, 1.165) is 16.8 Å². The van der Waals surface area contributed by atoms with Crippen LogP contribution in [0.25, 0.3) is 22.2 Å². The van der Waals surface area contributed by atoms with Crippen molar-refractivity contribution in [2.45, 2.75) is 43.6 Å². The van der Waals surface area contributed by atoms with E-state index in [9.17, 15) is 24.9 Å². The van der Waals surface area contributed by atoms with Crippen LogP contribution in [-0.4, -0.2) is 82.6 Å². The van der Waals surface area contributed by atoms with E-state index in [2.05, 4.69) is 20.2 Å². The second-order valence-electron chi connectivity index (χ2n) is 9.37. The molecule has 6 N–H and O–H groups in total. The number of halogens is 2. The number of benzene rings is 1. The first-order valence-electron chi connectivity index (χ1n) is 12.0. The van der Waals surface area contributed by atoms with Crippen molar-refractivity contribution in [1.82, 2.24) is 24.7 Å². The van der Waals surface area contributed by atoms with Gasteiger partial charge in [-0.3, -0.25) is 5.10 Å². The molecular weight excluding hydrogens is 551 g/mol. The highest BCUT2D eigenvalue weighted by Crippen LogP contribution is 2.36. The number of carboxylic acids is 2. The van der Waals surface area contributed by atoms with Crippen LogP contribution in [0.3, 0.4) is 0 Å². The van der Waals surface area contributed by atoms with E-state index in [1.54, 1.807) is 30.5 Å². The van der Waals surface area contributed by atoms with Crippen molar-refractivity contribution in [3.8, 4) is 11.1 Å². The first kappa shape index (κ1) is 27.5. The molecule has 0 spiro atoms. The van der Waals surface area contributed by atoms with E-state index in [-0.39, 0.29) is 16.7 Å².